The second-order valence-corrected chi connectivity index (χ2v) is 8.99. The summed E-state index contributed by atoms with van der Waals surface area (Å²) in [4.78, 5) is 33.7. The molecular weight excluding hydrogens is 499 g/mol. The van der Waals surface area contributed by atoms with Gasteiger partial charge in [0.25, 0.3) is 11.8 Å². The van der Waals surface area contributed by atoms with Crippen LogP contribution in [0.3, 0.4) is 0 Å². The number of benzene rings is 3. The number of imidazole rings is 1. The van der Waals surface area contributed by atoms with Crippen molar-refractivity contribution in [2.75, 3.05) is 11.9 Å². The Bertz CT molecular complexity index is 1480. The first-order valence-electron chi connectivity index (χ1n) is 11.1. The van der Waals surface area contributed by atoms with E-state index in [-0.39, 0.29) is 18.4 Å². The van der Waals surface area contributed by atoms with Crippen LogP contribution in [0, 0.1) is 0 Å². The van der Waals surface area contributed by atoms with E-state index >= 15 is 0 Å². The Hall–Kier alpha value is -3.91. The molecule has 1 aliphatic heterocycles. The third-order valence-corrected chi connectivity index (χ3v) is 6.45. The lowest BCUT2D eigenvalue weighted by Gasteiger charge is -2.17. The lowest BCUT2D eigenvalue weighted by atomic mass is 9.93. The van der Waals surface area contributed by atoms with Crippen LogP contribution in [-0.4, -0.2) is 33.5 Å². The van der Waals surface area contributed by atoms with Crippen LogP contribution in [0.1, 0.15) is 38.9 Å². The number of aromatic amines is 1. The molecule has 36 heavy (non-hydrogen) atoms. The molecule has 180 valence electrons. The number of nitrogens with zero attached hydrogens (tertiary/aromatic N) is 1. The molecule has 0 saturated heterocycles. The third-order valence-electron chi connectivity index (χ3n) is 5.90. The van der Waals surface area contributed by atoms with Crippen LogP contribution >= 0.6 is 23.2 Å². The average molecular weight is 519 g/mol. The maximum atomic E-state index is 13.2. The number of aliphatic hydroxyl groups is 1. The molecule has 0 spiro atoms. The fourth-order valence-electron chi connectivity index (χ4n) is 4.19. The molecule has 3 aromatic carbocycles. The number of carbonyl (C=O) groups excluding carboxylic acids is 2. The largest absolute Gasteiger partial charge is 0.394 e. The Balaban J connectivity index is 1.60. The Kier molecular flexibility index (Phi) is 6.61. The molecule has 1 aromatic heterocycles. The van der Waals surface area contributed by atoms with Crippen LogP contribution in [0.4, 0.5) is 5.69 Å². The van der Waals surface area contributed by atoms with Crippen LogP contribution < -0.4 is 10.6 Å². The van der Waals surface area contributed by atoms with E-state index in [4.69, 9.17) is 23.2 Å². The summed E-state index contributed by atoms with van der Waals surface area (Å²) in [5, 5.41) is 16.4. The van der Waals surface area contributed by atoms with Crippen LogP contribution in [-0.2, 0) is 4.79 Å². The number of halogens is 2. The molecule has 1 aliphatic rings. The van der Waals surface area contributed by atoms with Crippen molar-refractivity contribution in [1.82, 2.24) is 15.3 Å². The number of rotatable bonds is 6. The van der Waals surface area contributed by atoms with Crippen molar-refractivity contribution in [2.45, 2.75) is 6.04 Å². The number of H-pyrrole nitrogens is 1. The van der Waals surface area contributed by atoms with Gasteiger partial charge in [0.2, 0.25) is 0 Å². The Morgan fingerprint density at radius 3 is 2.56 bits per heavy atom. The van der Waals surface area contributed by atoms with Gasteiger partial charge in [-0.05, 0) is 35.9 Å². The summed E-state index contributed by atoms with van der Waals surface area (Å²) >= 11 is 12.6. The van der Waals surface area contributed by atoms with Gasteiger partial charge in [-0.25, -0.2) is 4.98 Å². The van der Waals surface area contributed by atoms with Gasteiger partial charge in [-0.1, -0.05) is 59.6 Å². The first-order valence-corrected chi connectivity index (χ1v) is 11.8. The molecule has 7 nitrogen and oxygen atoms in total. The maximum absolute atomic E-state index is 13.2. The number of aliphatic hydroxyl groups excluding tert-OH is 1. The lowest BCUT2D eigenvalue weighted by Crippen LogP contribution is -2.30. The molecule has 0 fully saturated rings. The number of carbonyl (C=O) groups is 2. The van der Waals surface area contributed by atoms with Gasteiger partial charge in [-0.15, -0.1) is 0 Å². The third kappa shape index (κ3) is 4.52. The minimum Gasteiger partial charge on any atom is -0.394 e. The zero-order valence-electron chi connectivity index (χ0n) is 18.8. The Morgan fingerprint density at radius 2 is 1.86 bits per heavy atom. The average Bonchev–Trinajstić information content (AvgIpc) is 3.52. The SMILES string of the molecule is O=C1Nc2ccc(C(=O)N[C@H](CO)c3ccccc3)cc2/C1=C(/c1ncc[nH]1)c1ccc(Cl)cc1Cl. The molecule has 0 radical (unpaired) electrons. The number of aromatic nitrogens is 2. The van der Waals surface area contributed by atoms with Crippen LogP contribution in [0.25, 0.3) is 11.1 Å². The van der Waals surface area contributed by atoms with Gasteiger partial charge in [0.15, 0.2) is 0 Å². The van der Waals surface area contributed by atoms with Gasteiger partial charge in [-0.2, -0.15) is 0 Å². The second-order valence-electron chi connectivity index (χ2n) is 8.15. The predicted molar refractivity (Wildman–Crippen MR) is 140 cm³/mol. The highest BCUT2D eigenvalue weighted by Crippen LogP contribution is 2.41. The van der Waals surface area contributed by atoms with Crippen LogP contribution in [0.5, 0.6) is 0 Å². The normalized spacial score (nSPS) is 14.7. The summed E-state index contributed by atoms with van der Waals surface area (Å²) in [5.41, 5.74) is 3.57. The van der Waals surface area contributed by atoms with E-state index in [0.717, 1.165) is 5.56 Å². The maximum Gasteiger partial charge on any atom is 0.257 e. The van der Waals surface area contributed by atoms with E-state index in [2.05, 4.69) is 20.6 Å². The van der Waals surface area contributed by atoms with E-state index in [1.165, 1.54) is 0 Å². The van der Waals surface area contributed by atoms with E-state index in [1.807, 2.05) is 30.3 Å². The van der Waals surface area contributed by atoms with Gasteiger partial charge < -0.3 is 20.7 Å². The van der Waals surface area contributed by atoms with Crippen LogP contribution in [0.2, 0.25) is 10.0 Å². The highest BCUT2D eigenvalue weighted by Gasteiger charge is 2.31. The monoisotopic (exact) mass is 518 g/mol. The van der Waals surface area contributed by atoms with Crippen molar-refractivity contribution in [2.24, 2.45) is 0 Å². The quantitative estimate of drug-likeness (QED) is 0.266. The molecule has 1 atom stereocenters. The Morgan fingerprint density at radius 1 is 1.06 bits per heavy atom. The predicted octanol–water partition coefficient (Wildman–Crippen LogP) is 5.09. The van der Waals surface area contributed by atoms with Gasteiger partial charge in [0.1, 0.15) is 5.82 Å². The lowest BCUT2D eigenvalue weighted by molar-refractivity contribution is -0.110. The number of fused-ring (bicyclic) bond motifs is 1. The first-order chi connectivity index (χ1) is 17.5. The smallest absolute Gasteiger partial charge is 0.257 e. The standard InChI is InChI=1S/C27H20Cl2N4O3/c28-17-7-8-18(20(29)13-17)23(25-30-10-11-31-25)24-19-12-16(6-9-21(19)32-27(24)36)26(35)33-22(14-34)15-4-2-1-3-5-15/h1-13,22,34H,14H2,(H,30,31)(H,32,36)(H,33,35)/b24-23-/t22-/m1/s1. The molecule has 0 bridgehead atoms. The summed E-state index contributed by atoms with van der Waals surface area (Å²) in [6.07, 6.45) is 3.23. The fraction of sp³-hybridized carbons (Fsp3) is 0.0741. The van der Waals surface area contributed by atoms with Gasteiger partial charge in [0.05, 0.1) is 23.2 Å². The summed E-state index contributed by atoms with van der Waals surface area (Å²) < 4.78 is 0. The molecule has 4 aromatic rings. The van der Waals surface area contributed by atoms with Gasteiger partial charge in [-0.3, -0.25) is 9.59 Å². The van der Waals surface area contributed by atoms with E-state index in [1.54, 1.807) is 48.8 Å². The molecule has 0 saturated carbocycles. The molecular formula is C27H20Cl2N4O3. The summed E-state index contributed by atoms with van der Waals surface area (Å²) in [6.45, 7) is -0.260. The van der Waals surface area contributed by atoms with Crippen molar-refractivity contribution in [3.8, 4) is 0 Å². The fourth-order valence-corrected chi connectivity index (χ4v) is 4.70. The zero-order valence-corrected chi connectivity index (χ0v) is 20.3. The molecule has 9 heteroatoms. The Labute approximate surface area is 216 Å². The molecule has 5 rings (SSSR count). The van der Waals surface area contributed by atoms with Gasteiger partial charge in [0, 0.05) is 45.4 Å². The number of anilines is 1. The summed E-state index contributed by atoms with van der Waals surface area (Å²) in [7, 11) is 0. The number of hydrogen-bond donors (Lipinski definition) is 4. The van der Waals surface area contributed by atoms with Crippen molar-refractivity contribution in [3.05, 3.63) is 117 Å². The number of amides is 2. The van der Waals surface area contributed by atoms with E-state index in [9.17, 15) is 14.7 Å². The highest BCUT2D eigenvalue weighted by molar-refractivity contribution is 6.40. The van der Waals surface area contributed by atoms with Crippen molar-refractivity contribution in [1.29, 1.82) is 0 Å². The molecule has 0 aliphatic carbocycles. The van der Waals surface area contributed by atoms with Crippen molar-refractivity contribution < 1.29 is 14.7 Å². The van der Waals surface area contributed by atoms with Gasteiger partial charge >= 0.3 is 0 Å². The number of nitrogens with one attached hydrogen (secondary N) is 3. The topological polar surface area (TPSA) is 107 Å². The second kappa shape index (κ2) is 9.99. The van der Waals surface area contributed by atoms with Crippen LogP contribution in [0.15, 0.2) is 79.1 Å². The summed E-state index contributed by atoms with van der Waals surface area (Å²) in [6, 6.07) is 18.6. The molecule has 2 heterocycles. The summed E-state index contributed by atoms with van der Waals surface area (Å²) in [5.74, 6) is -0.294. The first kappa shape index (κ1) is 23.8. The zero-order chi connectivity index (χ0) is 25.2. The minimum absolute atomic E-state index is 0.260. The molecule has 0 unspecified atom stereocenters. The van der Waals surface area contributed by atoms with Crippen molar-refractivity contribution >= 4 is 51.8 Å². The number of hydrogen-bond acceptors (Lipinski definition) is 4. The minimum atomic E-state index is -0.576. The molecule has 4 N–H and O–H groups in total. The molecule has 2 amide bonds. The van der Waals surface area contributed by atoms with E-state index < -0.39 is 6.04 Å². The van der Waals surface area contributed by atoms with Crippen molar-refractivity contribution in [3.63, 3.8) is 0 Å². The van der Waals surface area contributed by atoms with E-state index in [0.29, 0.717) is 49.4 Å². The highest BCUT2D eigenvalue weighted by atomic mass is 35.5.